The number of hydrogen-bond donors (Lipinski definition) is 0. The molecule has 1 aromatic carbocycles. The standard InChI is InChI=1S/C13H16NO2/c1-3-16-13(15)12-11-7-5-4-6-10(11)8-9-14(12)2/h4-7H,3,8-9H2,1-2H3/q+1. The minimum absolute atomic E-state index is 0.225. The quantitative estimate of drug-likeness (QED) is 0.552. The van der Waals surface area contributed by atoms with Crippen molar-refractivity contribution < 1.29 is 14.1 Å². The summed E-state index contributed by atoms with van der Waals surface area (Å²) in [6, 6.07) is 8.02. The summed E-state index contributed by atoms with van der Waals surface area (Å²) < 4.78 is 7.06. The zero-order valence-corrected chi connectivity index (χ0v) is 9.69. The van der Waals surface area contributed by atoms with Crippen molar-refractivity contribution in [1.29, 1.82) is 0 Å². The molecule has 0 spiro atoms. The number of carbonyl (C=O) groups is 1. The Kier molecular flexibility index (Phi) is 3.04. The zero-order valence-electron chi connectivity index (χ0n) is 9.69. The first kappa shape index (κ1) is 10.9. The van der Waals surface area contributed by atoms with E-state index in [0.29, 0.717) is 12.3 Å². The molecule has 0 amide bonds. The summed E-state index contributed by atoms with van der Waals surface area (Å²) in [5.41, 5.74) is 2.92. The molecule has 0 N–H and O–H groups in total. The van der Waals surface area contributed by atoms with Gasteiger partial charge in [0.1, 0.15) is 13.6 Å². The van der Waals surface area contributed by atoms with Crippen LogP contribution in [0.25, 0.3) is 0 Å². The third-order valence-corrected chi connectivity index (χ3v) is 2.84. The third-order valence-electron chi connectivity index (χ3n) is 2.84. The second-order valence-electron chi connectivity index (χ2n) is 3.90. The van der Waals surface area contributed by atoms with E-state index in [1.165, 1.54) is 5.56 Å². The van der Waals surface area contributed by atoms with Crippen LogP contribution in [0, 0.1) is 0 Å². The van der Waals surface area contributed by atoms with Crippen LogP contribution in [0.1, 0.15) is 18.1 Å². The van der Waals surface area contributed by atoms with Crippen LogP contribution in [-0.2, 0) is 16.0 Å². The van der Waals surface area contributed by atoms with E-state index in [1.807, 2.05) is 36.7 Å². The number of benzene rings is 1. The summed E-state index contributed by atoms with van der Waals surface area (Å²) in [5.74, 6) is -0.225. The number of rotatable bonds is 2. The van der Waals surface area contributed by atoms with E-state index in [4.69, 9.17) is 4.74 Å². The molecule has 84 valence electrons. The molecule has 0 saturated heterocycles. The lowest BCUT2D eigenvalue weighted by Crippen LogP contribution is -2.34. The van der Waals surface area contributed by atoms with Gasteiger partial charge in [-0.3, -0.25) is 0 Å². The monoisotopic (exact) mass is 218 g/mol. The Morgan fingerprint density at radius 2 is 2.19 bits per heavy atom. The predicted molar refractivity (Wildman–Crippen MR) is 61.9 cm³/mol. The van der Waals surface area contributed by atoms with Gasteiger partial charge >= 0.3 is 5.97 Å². The van der Waals surface area contributed by atoms with Gasteiger partial charge in [-0.25, -0.2) is 9.37 Å². The molecule has 0 aromatic heterocycles. The van der Waals surface area contributed by atoms with Crippen LogP contribution < -0.4 is 0 Å². The molecule has 0 unspecified atom stereocenters. The Hall–Kier alpha value is -1.64. The Morgan fingerprint density at radius 1 is 1.44 bits per heavy atom. The first-order chi connectivity index (χ1) is 7.74. The number of hydrogen-bond acceptors (Lipinski definition) is 2. The lowest BCUT2D eigenvalue weighted by Gasteiger charge is -2.14. The first-order valence-electron chi connectivity index (χ1n) is 5.57. The molecule has 1 heterocycles. The van der Waals surface area contributed by atoms with E-state index in [9.17, 15) is 4.79 Å². The summed E-state index contributed by atoms with van der Waals surface area (Å²) in [6.45, 7) is 3.11. The summed E-state index contributed by atoms with van der Waals surface area (Å²) in [6.07, 6.45) is 0.982. The van der Waals surface area contributed by atoms with Gasteiger partial charge in [0.15, 0.2) is 0 Å². The second-order valence-corrected chi connectivity index (χ2v) is 3.90. The number of esters is 1. The zero-order chi connectivity index (χ0) is 11.5. The van der Waals surface area contributed by atoms with Crippen molar-refractivity contribution in [2.75, 3.05) is 20.2 Å². The lowest BCUT2D eigenvalue weighted by atomic mass is 9.97. The molecule has 3 nitrogen and oxygen atoms in total. The van der Waals surface area contributed by atoms with E-state index < -0.39 is 0 Å². The Morgan fingerprint density at radius 3 is 2.94 bits per heavy atom. The highest BCUT2D eigenvalue weighted by Gasteiger charge is 2.30. The molecule has 0 fully saturated rings. The van der Waals surface area contributed by atoms with Gasteiger partial charge in [-0.05, 0) is 18.6 Å². The number of carbonyl (C=O) groups excluding carboxylic acids is 1. The second kappa shape index (κ2) is 4.47. The number of fused-ring (bicyclic) bond motifs is 1. The maximum absolute atomic E-state index is 11.9. The van der Waals surface area contributed by atoms with Crippen LogP contribution in [0.4, 0.5) is 0 Å². The largest absolute Gasteiger partial charge is 0.458 e. The SMILES string of the molecule is CCOC(=O)C1=[N+](C)CCc2ccccc21. The summed E-state index contributed by atoms with van der Waals surface area (Å²) in [7, 11) is 1.93. The average molecular weight is 218 g/mol. The number of nitrogens with zero attached hydrogens (tertiary/aromatic N) is 1. The summed E-state index contributed by atoms with van der Waals surface area (Å²) in [5, 5.41) is 0. The summed E-state index contributed by atoms with van der Waals surface area (Å²) >= 11 is 0. The van der Waals surface area contributed by atoms with Crippen molar-refractivity contribution >= 4 is 11.7 Å². The fraction of sp³-hybridized carbons (Fsp3) is 0.385. The molecule has 0 bridgehead atoms. The summed E-state index contributed by atoms with van der Waals surface area (Å²) in [4.78, 5) is 11.9. The highest BCUT2D eigenvalue weighted by Crippen LogP contribution is 2.15. The number of likely N-dealkylation sites (N-methyl/N-ethyl adjacent to an activating group) is 1. The van der Waals surface area contributed by atoms with E-state index in [1.54, 1.807) is 0 Å². The van der Waals surface area contributed by atoms with Crippen molar-refractivity contribution in [3.63, 3.8) is 0 Å². The van der Waals surface area contributed by atoms with Crippen molar-refractivity contribution in [2.45, 2.75) is 13.3 Å². The van der Waals surface area contributed by atoms with Crippen molar-refractivity contribution in [3.05, 3.63) is 35.4 Å². The minimum atomic E-state index is -0.225. The van der Waals surface area contributed by atoms with Gasteiger partial charge in [-0.1, -0.05) is 18.2 Å². The van der Waals surface area contributed by atoms with Crippen molar-refractivity contribution in [3.8, 4) is 0 Å². The Bertz CT molecular complexity index is 449. The van der Waals surface area contributed by atoms with Crippen LogP contribution in [-0.4, -0.2) is 36.5 Å². The molecule has 0 saturated carbocycles. The fourth-order valence-corrected chi connectivity index (χ4v) is 2.04. The van der Waals surface area contributed by atoms with Crippen molar-refractivity contribution in [1.82, 2.24) is 0 Å². The first-order valence-corrected chi connectivity index (χ1v) is 5.57. The molecule has 1 aliphatic heterocycles. The van der Waals surface area contributed by atoms with Gasteiger partial charge in [-0.2, -0.15) is 0 Å². The van der Waals surface area contributed by atoms with Crippen LogP contribution in [0.15, 0.2) is 24.3 Å². The van der Waals surface area contributed by atoms with Crippen LogP contribution in [0.5, 0.6) is 0 Å². The van der Waals surface area contributed by atoms with E-state index in [-0.39, 0.29) is 5.97 Å². The van der Waals surface area contributed by atoms with E-state index in [2.05, 4.69) is 6.07 Å². The third kappa shape index (κ3) is 1.85. The number of ether oxygens (including phenoxy) is 1. The van der Waals surface area contributed by atoms with Gasteiger partial charge in [0, 0.05) is 6.42 Å². The predicted octanol–water partition coefficient (Wildman–Crippen LogP) is 1.24. The molecular weight excluding hydrogens is 202 g/mol. The molecule has 3 heteroatoms. The molecule has 1 aliphatic rings. The van der Waals surface area contributed by atoms with E-state index in [0.717, 1.165) is 18.5 Å². The average Bonchev–Trinajstić information content (AvgIpc) is 2.29. The molecular formula is C13H16NO2+. The van der Waals surface area contributed by atoms with Crippen LogP contribution in [0.3, 0.4) is 0 Å². The lowest BCUT2D eigenvalue weighted by molar-refractivity contribution is -0.497. The molecule has 0 aliphatic carbocycles. The van der Waals surface area contributed by atoms with Gasteiger partial charge < -0.3 is 4.74 Å². The fourth-order valence-electron chi connectivity index (χ4n) is 2.04. The topological polar surface area (TPSA) is 29.3 Å². The molecule has 0 atom stereocenters. The molecule has 16 heavy (non-hydrogen) atoms. The maximum Gasteiger partial charge on any atom is 0.403 e. The Balaban J connectivity index is 2.45. The molecule has 2 rings (SSSR count). The Labute approximate surface area is 95.4 Å². The maximum atomic E-state index is 11.9. The molecule has 0 radical (unpaired) electrons. The van der Waals surface area contributed by atoms with Crippen LogP contribution in [0.2, 0.25) is 0 Å². The normalized spacial score (nSPS) is 14.6. The highest BCUT2D eigenvalue weighted by atomic mass is 16.5. The van der Waals surface area contributed by atoms with Gasteiger partial charge in [-0.15, -0.1) is 0 Å². The van der Waals surface area contributed by atoms with Gasteiger partial charge in [0.2, 0.25) is 0 Å². The van der Waals surface area contributed by atoms with Gasteiger partial charge in [0.25, 0.3) is 5.71 Å². The van der Waals surface area contributed by atoms with Crippen LogP contribution >= 0.6 is 0 Å². The van der Waals surface area contributed by atoms with Crippen molar-refractivity contribution in [2.24, 2.45) is 0 Å². The highest BCUT2D eigenvalue weighted by molar-refractivity contribution is 6.41. The minimum Gasteiger partial charge on any atom is -0.458 e. The van der Waals surface area contributed by atoms with E-state index >= 15 is 0 Å². The van der Waals surface area contributed by atoms with Gasteiger partial charge in [0.05, 0.1) is 12.2 Å². The molecule has 1 aromatic rings. The smallest absolute Gasteiger partial charge is 0.403 e.